The fourth-order valence-corrected chi connectivity index (χ4v) is 3.82. The predicted octanol–water partition coefficient (Wildman–Crippen LogP) is 2.10. The molecule has 1 fully saturated rings. The standard InChI is InChI=1S/C18H23NO5/c1-22-15-9-12-4-5-19-14(13(12)10-16(15)23-2)6-11(7-17(19)20)8-18(21)24-3/h9-11,14H,4-8H2,1-3H3/t11-,14-/m1/s1. The van der Waals surface area contributed by atoms with Gasteiger partial charge in [0.2, 0.25) is 5.91 Å². The van der Waals surface area contributed by atoms with Crippen LogP contribution in [0.25, 0.3) is 0 Å². The topological polar surface area (TPSA) is 65.1 Å². The largest absolute Gasteiger partial charge is 0.493 e. The highest BCUT2D eigenvalue weighted by atomic mass is 16.5. The van der Waals surface area contributed by atoms with Gasteiger partial charge in [0.25, 0.3) is 0 Å². The zero-order chi connectivity index (χ0) is 17.3. The monoisotopic (exact) mass is 333 g/mol. The Hall–Kier alpha value is -2.24. The molecule has 2 atom stereocenters. The number of fused-ring (bicyclic) bond motifs is 3. The number of methoxy groups -OCH3 is 3. The second-order valence-corrected chi connectivity index (χ2v) is 6.35. The molecule has 6 nitrogen and oxygen atoms in total. The molecule has 2 aliphatic rings. The first-order valence-electron chi connectivity index (χ1n) is 8.18. The van der Waals surface area contributed by atoms with E-state index in [0.717, 1.165) is 18.4 Å². The van der Waals surface area contributed by atoms with Gasteiger partial charge in [0.05, 0.1) is 27.4 Å². The van der Waals surface area contributed by atoms with Gasteiger partial charge in [-0.2, -0.15) is 0 Å². The smallest absolute Gasteiger partial charge is 0.305 e. The van der Waals surface area contributed by atoms with Crippen LogP contribution in [-0.4, -0.2) is 44.7 Å². The number of esters is 1. The average Bonchev–Trinajstić information content (AvgIpc) is 2.60. The van der Waals surface area contributed by atoms with E-state index in [1.807, 2.05) is 17.0 Å². The highest BCUT2D eigenvalue weighted by molar-refractivity contribution is 5.80. The van der Waals surface area contributed by atoms with Crippen LogP contribution in [0.15, 0.2) is 12.1 Å². The second kappa shape index (κ2) is 6.71. The zero-order valence-electron chi connectivity index (χ0n) is 14.3. The quantitative estimate of drug-likeness (QED) is 0.790. The summed E-state index contributed by atoms with van der Waals surface area (Å²) in [6.07, 6.45) is 2.27. The fourth-order valence-electron chi connectivity index (χ4n) is 3.82. The fraction of sp³-hybridized carbons (Fsp3) is 0.556. The Morgan fingerprint density at radius 2 is 1.92 bits per heavy atom. The molecule has 0 aliphatic carbocycles. The maximum absolute atomic E-state index is 12.5. The van der Waals surface area contributed by atoms with Gasteiger partial charge in [-0.15, -0.1) is 0 Å². The molecule has 0 unspecified atom stereocenters. The molecule has 0 spiro atoms. The summed E-state index contributed by atoms with van der Waals surface area (Å²) in [5, 5.41) is 0. The molecule has 0 bridgehead atoms. The van der Waals surface area contributed by atoms with Crippen LogP contribution < -0.4 is 9.47 Å². The molecule has 0 saturated carbocycles. The molecule has 0 radical (unpaired) electrons. The summed E-state index contributed by atoms with van der Waals surface area (Å²) >= 11 is 0. The molecule has 1 saturated heterocycles. The van der Waals surface area contributed by atoms with Gasteiger partial charge in [-0.25, -0.2) is 0 Å². The van der Waals surface area contributed by atoms with E-state index in [1.54, 1.807) is 14.2 Å². The van der Waals surface area contributed by atoms with E-state index in [4.69, 9.17) is 14.2 Å². The van der Waals surface area contributed by atoms with Crippen LogP contribution in [0.2, 0.25) is 0 Å². The maximum Gasteiger partial charge on any atom is 0.305 e. The van der Waals surface area contributed by atoms with Gasteiger partial charge in [0.1, 0.15) is 0 Å². The van der Waals surface area contributed by atoms with Gasteiger partial charge in [-0.3, -0.25) is 9.59 Å². The number of hydrogen-bond donors (Lipinski definition) is 0. The third kappa shape index (κ3) is 2.92. The van der Waals surface area contributed by atoms with Crippen molar-refractivity contribution in [1.82, 2.24) is 4.90 Å². The molecular formula is C18H23NO5. The second-order valence-electron chi connectivity index (χ2n) is 6.35. The predicted molar refractivity (Wildman–Crippen MR) is 87.1 cm³/mol. The van der Waals surface area contributed by atoms with Gasteiger partial charge in [0.15, 0.2) is 11.5 Å². The Morgan fingerprint density at radius 3 is 2.58 bits per heavy atom. The van der Waals surface area contributed by atoms with Crippen LogP contribution in [0.5, 0.6) is 11.5 Å². The molecular weight excluding hydrogens is 310 g/mol. The molecule has 1 amide bonds. The van der Waals surface area contributed by atoms with Crippen molar-refractivity contribution in [3.63, 3.8) is 0 Å². The van der Waals surface area contributed by atoms with E-state index in [1.165, 1.54) is 12.7 Å². The van der Waals surface area contributed by atoms with E-state index in [9.17, 15) is 9.59 Å². The third-order valence-electron chi connectivity index (χ3n) is 5.03. The van der Waals surface area contributed by atoms with Crippen molar-refractivity contribution < 1.29 is 23.8 Å². The summed E-state index contributed by atoms with van der Waals surface area (Å²) in [6, 6.07) is 3.96. The summed E-state index contributed by atoms with van der Waals surface area (Å²) in [7, 11) is 4.61. The molecule has 130 valence electrons. The lowest BCUT2D eigenvalue weighted by Gasteiger charge is -2.43. The summed E-state index contributed by atoms with van der Waals surface area (Å²) in [5.41, 5.74) is 2.28. The Balaban J connectivity index is 1.92. The number of amides is 1. The van der Waals surface area contributed by atoms with E-state index < -0.39 is 0 Å². The number of nitrogens with zero attached hydrogens (tertiary/aromatic N) is 1. The van der Waals surface area contributed by atoms with Crippen molar-refractivity contribution in [2.45, 2.75) is 31.7 Å². The first kappa shape index (κ1) is 16.6. The number of carbonyl (C=O) groups is 2. The van der Waals surface area contributed by atoms with Crippen LogP contribution >= 0.6 is 0 Å². The molecule has 2 aliphatic heterocycles. The number of ether oxygens (including phenoxy) is 3. The Labute approximate surface area is 141 Å². The number of carbonyl (C=O) groups excluding carboxylic acids is 2. The minimum Gasteiger partial charge on any atom is -0.493 e. The first-order valence-corrected chi connectivity index (χ1v) is 8.18. The van der Waals surface area contributed by atoms with Crippen LogP contribution in [0.1, 0.15) is 36.4 Å². The van der Waals surface area contributed by atoms with Gasteiger partial charge < -0.3 is 19.1 Å². The molecule has 3 rings (SSSR count). The summed E-state index contributed by atoms with van der Waals surface area (Å²) in [5.74, 6) is 1.24. The maximum atomic E-state index is 12.5. The number of benzene rings is 1. The number of rotatable bonds is 4. The molecule has 1 aromatic rings. The summed E-state index contributed by atoms with van der Waals surface area (Å²) in [4.78, 5) is 26.0. The number of hydrogen-bond acceptors (Lipinski definition) is 5. The SMILES string of the molecule is COC(=O)C[C@H]1CC(=O)N2CCc3cc(OC)c(OC)cc3[C@H]2C1. The minimum absolute atomic E-state index is 0.00976. The van der Waals surface area contributed by atoms with Crippen LogP contribution in [0.3, 0.4) is 0 Å². The Morgan fingerprint density at radius 1 is 1.21 bits per heavy atom. The van der Waals surface area contributed by atoms with Crippen molar-refractivity contribution in [2.75, 3.05) is 27.9 Å². The highest BCUT2D eigenvalue weighted by Crippen LogP contribution is 2.44. The van der Waals surface area contributed by atoms with Crippen LogP contribution in [0.4, 0.5) is 0 Å². The first-order chi connectivity index (χ1) is 11.6. The molecule has 0 aromatic heterocycles. The molecule has 24 heavy (non-hydrogen) atoms. The van der Waals surface area contributed by atoms with E-state index in [2.05, 4.69) is 0 Å². The van der Waals surface area contributed by atoms with E-state index >= 15 is 0 Å². The van der Waals surface area contributed by atoms with Gasteiger partial charge in [-0.05, 0) is 42.0 Å². The number of piperidine rings is 1. The van der Waals surface area contributed by atoms with Gasteiger partial charge >= 0.3 is 5.97 Å². The minimum atomic E-state index is -0.260. The lowest BCUT2D eigenvalue weighted by molar-refractivity contribution is -0.145. The molecule has 2 heterocycles. The normalized spacial score (nSPS) is 22.5. The van der Waals surface area contributed by atoms with Crippen LogP contribution in [0, 0.1) is 5.92 Å². The van der Waals surface area contributed by atoms with Gasteiger partial charge in [-0.1, -0.05) is 0 Å². The summed E-state index contributed by atoms with van der Waals surface area (Å²) < 4.78 is 15.6. The van der Waals surface area contributed by atoms with Crippen molar-refractivity contribution >= 4 is 11.9 Å². The van der Waals surface area contributed by atoms with Crippen molar-refractivity contribution in [1.29, 1.82) is 0 Å². The van der Waals surface area contributed by atoms with Crippen molar-refractivity contribution in [3.8, 4) is 11.5 Å². The Bertz CT molecular complexity index is 657. The highest BCUT2D eigenvalue weighted by Gasteiger charge is 2.39. The van der Waals surface area contributed by atoms with E-state index in [-0.39, 0.29) is 30.3 Å². The van der Waals surface area contributed by atoms with Crippen molar-refractivity contribution in [2.24, 2.45) is 5.92 Å². The summed E-state index contributed by atoms with van der Waals surface area (Å²) in [6.45, 7) is 0.705. The van der Waals surface area contributed by atoms with Crippen LogP contribution in [-0.2, 0) is 20.7 Å². The Kier molecular flexibility index (Phi) is 4.64. The zero-order valence-corrected chi connectivity index (χ0v) is 14.3. The van der Waals surface area contributed by atoms with Gasteiger partial charge in [0, 0.05) is 19.4 Å². The lowest BCUT2D eigenvalue weighted by atomic mass is 9.80. The lowest BCUT2D eigenvalue weighted by Crippen LogP contribution is -2.45. The van der Waals surface area contributed by atoms with E-state index in [0.29, 0.717) is 24.5 Å². The third-order valence-corrected chi connectivity index (χ3v) is 5.03. The molecule has 0 N–H and O–H groups in total. The molecule has 6 heteroatoms. The van der Waals surface area contributed by atoms with Crippen molar-refractivity contribution in [3.05, 3.63) is 23.3 Å². The molecule has 1 aromatic carbocycles. The average molecular weight is 333 g/mol.